The van der Waals surface area contributed by atoms with Crippen molar-refractivity contribution in [2.45, 2.75) is 31.9 Å². The van der Waals surface area contributed by atoms with E-state index in [1.54, 1.807) is 24.2 Å². The van der Waals surface area contributed by atoms with Gasteiger partial charge in [0.1, 0.15) is 6.26 Å². The van der Waals surface area contributed by atoms with Crippen LogP contribution in [-0.4, -0.2) is 17.3 Å². The Bertz CT molecular complexity index is 247. The SMILES string of the molecule is CC(C)(CN)CCCSc1ncco1. The number of thioether (sulfide) groups is 1. The summed E-state index contributed by atoms with van der Waals surface area (Å²) in [5, 5.41) is 0.760. The van der Waals surface area contributed by atoms with Crippen molar-refractivity contribution < 1.29 is 4.42 Å². The first-order chi connectivity index (χ1) is 6.64. The molecule has 80 valence electrons. The van der Waals surface area contributed by atoms with Crippen LogP contribution in [0.4, 0.5) is 0 Å². The van der Waals surface area contributed by atoms with Crippen molar-refractivity contribution in [2.75, 3.05) is 12.3 Å². The fourth-order valence-electron chi connectivity index (χ4n) is 1.09. The number of rotatable bonds is 6. The van der Waals surface area contributed by atoms with Gasteiger partial charge in [0.25, 0.3) is 5.22 Å². The normalized spacial score (nSPS) is 11.9. The Kier molecular flexibility index (Phi) is 4.48. The minimum Gasteiger partial charge on any atom is -0.440 e. The van der Waals surface area contributed by atoms with E-state index in [2.05, 4.69) is 18.8 Å². The molecule has 0 amide bonds. The van der Waals surface area contributed by atoms with Crippen LogP contribution in [0.1, 0.15) is 26.7 Å². The maximum atomic E-state index is 5.65. The van der Waals surface area contributed by atoms with E-state index in [9.17, 15) is 0 Å². The molecule has 0 saturated carbocycles. The molecule has 4 heteroatoms. The van der Waals surface area contributed by atoms with E-state index in [-0.39, 0.29) is 5.41 Å². The van der Waals surface area contributed by atoms with E-state index >= 15 is 0 Å². The van der Waals surface area contributed by atoms with Crippen LogP contribution in [0.5, 0.6) is 0 Å². The van der Waals surface area contributed by atoms with Gasteiger partial charge in [0, 0.05) is 5.75 Å². The molecule has 1 heterocycles. The van der Waals surface area contributed by atoms with Gasteiger partial charge in [-0.3, -0.25) is 0 Å². The fourth-order valence-corrected chi connectivity index (χ4v) is 1.82. The first-order valence-corrected chi connectivity index (χ1v) is 5.85. The van der Waals surface area contributed by atoms with Gasteiger partial charge in [-0.15, -0.1) is 0 Å². The van der Waals surface area contributed by atoms with Crippen molar-refractivity contribution >= 4 is 11.8 Å². The molecule has 1 aromatic rings. The predicted molar refractivity (Wildman–Crippen MR) is 59.3 cm³/mol. The largest absolute Gasteiger partial charge is 0.440 e. The highest BCUT2D eigenvalue weighted by atomic mass is 32.2. The third kappa shape index (κ3) is 4.15. The number of oxazole rings is 1. The Labute approximate surface area is 89.5 Å². The number of nitrogens with two attached hydrogens (primary N) is 1. The molecular formula is C10H18N2OS. The second-order valence-corrected chi connectivity index (χ2v) is 5.16. The molecule has 0 bridgehead atoms. The van der Waals surface area contributed by atoms with E-state index in [4.69, 9.17) is 10.2 Å². The summed E-state index contributed by atoms with van der Waals surface area (Å²) in [5.41, 5.74) is 5.91. The van der Waals surface area contributed by atoms with Gasteiger partial charge >= 0.3 is 0 Å². The molecule has 2 N–H and O–H groups in total. The zero-order valence-electron chi connectivity index (χ0n) is 8.82. The molecular weight excluding hydrogens is 196 g/mol. The van der Waals surface area contributed by atoms with E-state index in [0.29, 0.717) is 0 Å². The minimum atomic E-state index is 0.261. The summed E-state index contributed by atoms with van der Waals surface area (Å²) < 4.78 is 5.12. The number of nitrogens with zero attached hydrogens (tertiary/aromatic N) is 1. The van der Waals surface area contributed by atoms with Crippen LogP contribution in [-0.2, 0) is 0 Å². The topological polar surface area (TPSA) is 52.0 Å². The Hall–Kier alpha value is -0.480. The van der Waals surface area contributed by atoms with E-state index < -0.39 is 0 Å². The zero-order chi connectivity index (χ0) is 10.4. The molecule has 3 nitrogen and oxygen atoms in total. The minimum absolute atomic E-state index is 0.261. The van der Waals surface area contributed by atoms with Crippen molar-refractivity contribution in [1.82, 2.24) is 4.98 Å². The molecule has 0 saturated heterocycles. The highest BCUT2D eigenvalue weighted by molar-refractivity contribution is 7.99. The molecule has 1 rings (SSSR count). The van der Waals surface area contributed by atoms with Crippen molar-refractivity contribution in [3.05, 3.63) is 12.5 Å². The summed E-state index contributed by atoms with van der Waals surface area (Å²) in [6.45, 7) is 5.14. The Morgan fingerprint density at radius 2 is 2.36 bits per heavy atom. The molecule has 14 heavy (non-hydrogen) atoms. The summed E-state index contributed by atoms with van der Waals surface area (Å²) in [4.78, 5) is 4.04. The van der Waals surface area contributed by atoms with E-state index in [0.717, 1.165) is 30.4 Å². The second-order valence-electron chi connectivity index (χ2n) is 4.12. The lowest BCUT2D eigenvalue weighted by Crippen LogP contribution is -2.23. The smallest absolute Gasteiger partial charge is 0.255 e. The molecule has 0 aliphatic heterocycles. The van der Waals surface area contributed by atoms with Crippen LogP contribution < -0.4 is 5.73 Å². The third-order valence-corrected chi connectivity index (χ3v) is 3.13. The second kappa shape index (κ2) is 5.41. The van der Waals surface area contributed by atoms with Crippen molar-refractivity contribution in [3.63, 3.8) is 0 Å². The van der Waals surface area contributed by atoms with Gasteiger partial charge in [-0.25, -0.2) is 4.98 Å². The van der Waals surface area contributed by atoms with Crippen LogP contribution in [0.2, 0.25) is 0 Å². The standard InChI is InChI=1S/C10H18N2OS/c1-10(2,8-11)4-3-7-14-9-12-5-6-13-9/h5-6H,3-4,7-8,11H2,1-2H3. The van der Waals surface area contributed by atoms with Gasteiger partial charge < -0.3 is 10.2 Å². The van der Waals surface area contributed by atoms with Crippen molar-refractivity contribution in [2.24, 2.45) is 11.1 Å². The van der Waals surface area contributed by atoms with Crippen molar-refractivity contribution in [3.8, 4) is 0 Å². The first kappa shape index (κ1) is 11.6. The number of hydrogen-bond donors (Lipinski definition) is 1. The number of hydrogen-bond acceptors (Lipinski definition) is 4. The van der Waals surface area contributed by atoms with Crippen molar-refractivity contribution in [1.29, 1.82) is 0 Å². The summed E-state index contributed by atoms with van der Waals surface area (Å²) in [5.74, 6) is 1.05. The van der Waals surface area contributed by atoms with Crippen LogP contribution in [0, 0.1) is 5.41 Å². The average Bonchev–Trinajstić information content (AvgIpc) is 2.65. The Balaban J connectivity index is 2.11. The maximum Gasteiger partial charge on any atom is 0.255 e. The fraction of sp³-hybridized carbons (Fsp3) is 0.700. The summed E-state index contributed by atoms with van der Waals surface area (Å²) in [6.07, 6.45) is 5.58. The molecule has 0 unspecified atom stereocenters. The molecule has 0 aliphatic carbocycles. The summed E-state index contributed by atoms with van der Waals surface area (Å²) >= 11 is 1.66. The monoisotopic (exact) mass is 214 g/mol. The van der Waals surface area contributed by atoms with Crippen LogP contribution in [0.3, 0.4) is 0 Å². The number of aromatic nitrogens is 1. The quantitative estimate of drug-likeness (QED) is 0.584. The van der Waals surface area contributed by atoms with Gasteiger partial charge in [-0.1, -0.05) is 25.6 Å². The summed E-state index contributed by atoms with van der Waals surface area (Å²) in [7, 11) is 0. The van der Waals surface area contributed by atoms with Gasteiger partial charge in [0.05, 0.1) is 6.20 Å². The van der Waals surface area contributed by atoms with Gasteiger partial charge in [-0.2, -0.15) is 0 Å². The molecule has 1 aromatic heterocycles. The molecule has 0 spiro atoms. The van der Waals surface area contributed by atoms with Gasteiger partial charge in [-0.05, 0) is 24.8 Å². The first-order valence-electron chi connectivity index (χ1n) is 4.86. The molecule has 0 atom stereocenters. The Morgan fingerprint density at radius 1 is 1.57 bits per heavy atom. The predicted octanol–water partition coefficient (Wildman–Crippen LogP) is 2.53. The van der Waals surface area contributed by atoms with Crippen LogP contribution in [0.15, 0.2) is 22.1 Å². The summed E-state index contributed by atoms with van der Waals surface area (Å²) in [6, 6.07) is 0. The molecule has 0 radical (unpaired) electrons. The lowest BCUT2D eigenvalue weighted by molar-refractivity contribution is 0.344. The Morgan fingerprint density at radius 3 is 2.93 bits per heavy atom. The van der Waals surface area contributed by atoms with Gasteiger partial charge in [0.2, 0.25) is 0 Å². The van der Waals surface area contributed by atoms with E-state index in [1.807, 2.05) is 0 Å². The molecule has 0 aromatic carbocycles. The van der Waals surface area contributed by atoms with Gasteiger partial charge in [0.15, 0.2) is 0 Å². The lowest BCUT2D eigenvalue weighted by atomic mass is 9.88. The van der Waals surface area contributed by atoms with Crippen LogP contribution in [0.25, 0.3) is 0 Å². The third-order valence-electron chi connectivity index (χ3n) is 2.19. The zero-order valence-corrected chi connectivity index (χ0v) is 9.64. The molecule has 0 fully saturated rings. The maximum absolute atomic E-state index is 5.65. The lowest BCUT2D eigenvalue weighted by Gasteiger charge is -2.21. The average molecular weight is 214 g/mol. The van der Waals surface area contributed by atoms with E-state index in [1.165, 1.54) is 0 Å². The molecule has 0 aliphatic rings. The highest BCUT2D eigenvalue weighted by Gasteiger charge is 2.14. The van der Waals surface area contributed by atoms with Crippen LogP contribution >= 0.6 is 11.8 Å². The highest BCUT2D eigenvalue weighted by Crippen LogP contribution is 2.23.